The number of methoxy groups -OCH3 is 1. The average molecular weight is 1450 g/mol. The predicted molar refractivity (Wildman–Crippen MR) is 397 cm³/mol. The summed E-state index contributed by atoms with van der Waals surface area (Å²) < 4.78 is 38.1. The minimum Gasteiger partial charge on any atom is -0.505 e. The van der Waals surface area contributed by atoms with Crippen molar-refractivity contribution in [1.82, 2.24) is 30.7 Å². The molecule has 0 unspecified atom stereocenters. The first kappa shape index (κ1) is 79.0. The van der Waals surface area contributed by atoms with Gasteiger partial charge in [0.1, 0.15) is 47.3 Å². The minimum atomic E-state index is -2.10. The Labute approximate surface area is 611 Å². The van der Waals surface area contributed by atoms with Crippen LogP contribution in [0.4, 0.5) is 21.9 Å². The number of carbonyl (C=O) groups excluding carboxylic acids is 9. The van der Waals surface area contributed by atoms with Crippen LogP contribution in [0, 0.1) is 36.5 Å². The maximum atomic E-state index is 15.3. The van der Waals surface area contributed by atoms with Gasteiger partial charge in [0.05, 0.1) is 23.3 Å². The molecule has 8 amide bonds. The van der Waals surface area contributed by atoms with Crippen LogP contribution in [0.25, 0.3) is 33.0 Å². The van der Waals surface area contributed by atoms with E-state index in [-0.39, 0.29) is 142 Å². The topological polar surface area (TPSA) is 359 Å². The number of aromatic hydroxyl groups is 1. The van der Waals surface area contributed by atoms with Crippen molar-refractivity contribution >= 4 is 103 Å². The quantitative estimate of drug-likeness (QED) is 0.00754. The molecule has 4 aliphatic rings. The van der Waals surface area contributed by atoms with Gasteiger partial charge in [0.2, 0.25) is 17.7 Å². The van der Waals surface area contributed by atoms with Gasteiger partial charge in [-0.3, -0.25) is 53.0 Å². The number of nitrogens with zero attached hydrogens (tertiary/aromatic N) is 4. The zero-order valence-electron chi connectivity index (χ0n) is 62.1. The van der Waals surface area contributed by atoms with E-state index in [0.29, 0.717) is 55.2 Å². The molecular formula is C78H100N10O17. The Morgan fingerprint density at radius 3 is 2.24 bits per heavy atom. The second kappa shape index (κ2) is 35.1. The first-order valence-electron chi connectivity index (χ1n) is 36.2. The van der Waals surface area contributed by atoms with Crippen molar-refractivity contribution in [3.63, 3.8) is 0 Å². The number of benzene rings is 4. The zero-order valence-corrected chi connectivity index (χ0v) is 62.1. The number of rotatable bonds is 24. The van der Waals surface area contributed by atoms with Crippen LogP contribution in [0.3, 0.4) is 0 Å². The molecule has 1 aromatic heterocycles. The molecule has 564 valence electrons. The number of ketones is 1. The third-order valence-electron chi connectivity index (χ3n) is 19.5. The number of anilines is 3. The van der Waals surface area contributed by atoms with Crippen LogP contribution < -0.4 is 52.1 Å². The number of phenols is 1. The lowest BCUT2D eigenvalue weighted by atomic mass is 9.85. The molecule has 27 heteroatoms. The number of hydrogen-bond donors (Lipinski definition) is 7. The molecule has 0 radical (unpaired) electrons. The van der Waals surface area contributed by atoms with Crippen LogP contribution in [0.15, 0.2) is 93.9 Å². The van der Waals surface area contributed by atoms with Crippen molar-refractivity contribution in [3.8, 4) is 17.2 Å². The van der Waals surface area contributed by atoms with E-state index in [2.05, 4.69) is 64.1 Å². The number of imide groups is 1. The number of Topliss-reactive ketones (excluding diaryl/α,β-unsaturated/α-hetero) is 1. The molecule has 8 N–H and O–H groups in total. The summed E-state index contributed by atoms with van der Waals surface area (Å²) in [7, 11) is 1.51. The number of allylic oxidation sites excluding steroid dienone is 3. The van der Waals surface area contributed by atoms with Crippen LogP contribution in [0.2, 0.25) is 0 Å². The maximum Gasteiger partial charge on any atom is 0.312 e. The van der Waals surface area contributed by atoms with Crippen molar-refractivity contribution in [1.29, 1.82) is 0 Å². The van der Waals surface area contributed by atoms with Crippen molar-refractivity contribution in [3.05, 3.63) is 112 Å². The number of unbranched alkanes of at least 4 members (excludes halogenated alkanes) is 2. The van der Waals surface area contributed by atoms with Gasteiger partial charge in [-0.1, -0.05) is 85.2 Å². The van der Waals surface area contributed by atoms with Crippen molar-refractivity contribution in [2.75, 3.05) is 68.5 Å². The summed E-state index contributed by atoms with van der Waals surface area (Å²) in [6, 6.07) is 7.47. The summed E-state index contributed by atoms with van der Waals surface area (Å²) in [4.78, 5) is 145. The number of ether oxygens (including phenoxy) is 5. The fraction of sp³-hybridized carbons (Fsp3) is 0.500. The SMILES string of the molecule is CO[C@H]1/C=C/O[C@@]2(C)Oc3c(C)c(=O)c4c(O)c(c5oc6cc(N7CCN(CC(C)C)CC7)cc(OCc7ccc(NC(=O)[C@H](CCCNC(N)=O)NC(=O)[C@@H](NC(=O)CCCCCN8C(=O)C=CC8=O)C(C)C)cc7)c6nc5c4c3C2=O)NC(=O)/C(C)=C\C=C\[C@H](C)C[C@@H](C)C[C@@H](C)[C@H](OC(C)=O)C1. The highest BCUT2D eigenvalue weighted by Crippen LogP contribution is 2.49. The number of esters is 1. The predicted octanol–water partition coefficient (Wildman–Crippen LogP) is 9.66. The molecule has 9 rings (SSSR count). The maximum absolute atomic E-state index is 15.3. The van der Waals surface area contributed by atoms with Gasteiger partial charge in [-0.25, -0.2) is 9.78 Å². The number of urea groups is 1. The smallest absolute Gasteiger partial charge is 0.312 e. The summed E-state index contributed by atoms with van der Waals surface area (Å²) in [5.41, 5.74) is 6.01. The van der Waals surface area contributed by atoms with Gasteiger partial charge in [-0.15, -0.1) is 0 Å². The fourth-order valence-electron chi connectivity index (χ4n) is 13.9. The van der Waals surface area contributed by atoms with Crippen LogP contribution in [0.1, 0.15) is 149 Å². The third-order valence-corrected chi connectivity index (χ3v) is 19.5. The van der Waals surface area contributed by atoms with E-state index in [9.17, 15) is 48.3 Å². The Balaban J connectivity index is 1.06. The van der Waals surface area contributed by atoms with E-state index >= 15 is 4.79 Å². The van der Waals surface area contributed by atoms with Gasteiger partial charge < -0.3 is 70.4 Å². The lowest BCUT2D eigenvalue weighted by Gasteiger charge is -2.37. The molecule has 0 saturated carbocycles. The Hall–Kier alpha value is -10.2. The molecule has 1 fully saturated rings. The van der Waals surface area contributed by atoms with Crippen molar-refractivity contribution < 1.29 is 76.4 Å². The molecule has 0 spiro atoms. The Morgan fingerprint density at radius 2 is 1.57 bits per heavy atom. The molecule has 0 aliphatic carbocycles. The molecule has 4 aromatic carbocycles. The molecule has 27 nitrogen and oxygen atoms in total. The second-order valence-electron chi connectivity index (χ2n) is 28.9. The number of carbonyl (C=O) groups is 9. The van der Waals surface area contributed by atoms with Gasteiger partial charge >= 0.3 is 17.8 Å². The number of nitrogens with one attached hydrogen (secondary N) is 5. The highest BCUT2D eigenvalue weighted by atomic mass is 16.7. The van der Waals surface area contributed by atoms with Crippen LogP contribution in [-0.2, 0) is 54.4 Å². The Bertz CT molecular complexity index is 4290. The number of nitrogens with two attached hydrogens (primary N) is 1. The lowest BCUT2D eigenvalue weighted by Crippen LogP contribution is -2.54. The van der Waals surface area contributed by atoms with Crippen LogP contribution >= 0.6 is 0 Å². The standard InChI is InChI=1S/C78H100N10O17/c1-43(2)41-86-31-33-87(34-32-86)53-38-57(101-42-51-22-24-52(25-23-51)81-75(97)55(20-17-29-80-77(79)99)82-76(98)65(44(3)4)83-59(90)21-14-13-15-30-88-60(91)26-27-61(88)92)66-58(39-53)104-72-67(84-66)62-63-69(93)49(9)71-64(62)73(95)78(11,105-71)102-35-28-54(100-12)40-56(103-50(10)89)48(8)37-46(6)36-45(5)18-16-19-47(7)74(96)85-68(72)70(63)94/h16,18-19,22-28,35,38-39,43-46,48,54-56,65,94H,13-15,17,20-21,29-34,36-37,40-42H2,1-12H3,(H,81,97)(H,82,98)(H,83,90)(H,85,96)(H3,79,80,99)/b18-16+,35-28+,47-19-/t45-,46+,48+,54-,55-,56+,65-,78-/m0/s1. The molecule has 8 atom stereocenters. The number of fused-ring (bicyclic) bond motifs is 2. The number of hydrogen-bond acceptors (Lipinski definition) is 20. The molecular weight excluding hydrogens is 1350 g/mol. The number of phenolic OH excluding ortho intramolecular Hbond substituents is 1. The normalized spacial score (nSPS) is 22.2. The molecule has 105 heavy (non-hydrogen) atoms. The highest BCUT2D eigenvalue weighted by molar-refractivity contribution is 6.26. The summed E-state index contributed by atoms with van der Waals surface area (Å²) in [6.07, 6.45) is 13.1. The fourth-order valence-corrected chi connectivity index (χ4v) is 13.9. The van der Waals surface area contributed by atoms with E-state index in [1.807, 2.05) is 19.1 Å². The third kappa shape index (κ3) is 19.6. The number of piperazine rings is 1. The second-order valence-corrected chi connectivity index (χ2v) is 28.9. The number of primary amides is 1. The summed E-state index contributed by atoms with van der Waals surface area (Å²) in [5.74, 6) is -6.64. The minimum absolute atomic E-state index is 0.0460. The Kier molecular flexibility index (Phi) is 26.4. The van der Waals surface area contributed by atoms with E-state index in [1.54, 1.807) is 69.3 Å². The molecule has 1 saturated heterocycles. The molecule has 4 aliphatic heterocycles. The molecule has 5 heterocycles. The van der Waals surface area contributed by atoms with Crippen molar-refractivity contribution in [2.45, 2.75) is 171 Å². The summed E-state index contributed by atoms with van der Waals surface area (Å²) in [6.45, 7) is 23.8. The van der Waals surface area contributed by atoms with Gasteiger partial charge in [0.15, 0.2) is 28.1 Å². The monoisotopic (exact) mass is 1450 g/mol. The first-order valence-corrected chi connectivity index (χ1v) is 36.2. The van der Waals surface area contributed by atoms with E-state index in [4.69, 9.17) is 38.8 Å². The number of aromatic nitrogens is 1. The summed E-state index contributed by atoms with van der Waals surface area (Å²) >= 11 is 0. The van der Waals surface area contributed by atoms with Crippen LogP contribution in [0.5, 0.6) is 17.2 Å². The largest absolute Gasteiger partial charge is 0.505 e. The van der Waals surface area contributed by atoms with Gasteiger partial charge in [-0.05, 0) is 106 Å². The van der Waals surface area contributed by atoms with Crippen LogP contribution in [-0.4, -0.2) is 156 Å². The first-order chi connectivity index (χ1) is 49.9. The zero-order chi connectivity index (χ0) is 76.1. The van der Waals surface area contributed by atoms with E-state index in [0.717, 1.165) is 37.4 Å². The highest BCUT2D eigenvalue weighted by Gasteiger charge is 2.50. The van der Waals surface area contributed by atoms with E-state index in [1.165, 1.54) is 46.3 Å². The van der Waals surface area contributed by atoms with Gasteiger partial charge in [0.25, 0.3) is 23.5 Å². The lowest BCUT2D eigenvalue weighted by molar-refractivity contribution is -0.151. The number of amides is 8. The molecule has 5 aromatic rings. The van der Waals surface area contributed by atoms with Crippen molar-refractivity contribution in [2.24, 2.45) is 35.3 Å². The Morgan fingerprint density at radius 1 is 0.857 bits per heavy atom. The summed E-state index contributed by atoms with van der Waals surface area (Å²) in [5, 5.41) is 26.0. The molecule has 4 bridgehead atoms. The average Bonchev–Trinajstić information content (AvgIpc) is 1.64. The van der Waals surface area contributed by atoms with Gasteiger partial charge in [0, 0.05) is 132 Å². The van der Waals surface area contributed by atoms with E-state index < -0.39 is 88.6 Å². The van der Waals surface area contributed by atoms with Gasteiger partial charge in [-0.2, -0.15) is 0 Å².